The first-order chi connectivity index (χ1) is 15.0. The molecule has 1 amide bonds. The Bertz CT molecular complexity index is 969. The zero-order chi connectivity index (χ0) is 22.0. The van der Waals surface area contributed by atoms with E-state index >= 15 is 0 Å². The number of benzene rings is 1. The van der Waals surface area contributed by atoms with Crippen molar-refractivity contribution in [3.63, 3.8) is 0 Å². The molecule has 4 rings (SSSR count). The van der Waals surface area contributed by atoms with Crippen molar-refractivity contribution in [2.24, 2.45) is 5.18 Å². The van der Waals surface area contributed by atoms with Crippen molar-refractivity contribution in [1.29, 1.82) is 0 Å². The monoisotopic (exact) mass is 462 g/mol. The third kappa shape index (κ3) is 4.56. The van der Waals surface area contributed by atoms with Crippen LogP contribution in [0.3, 0.4) is 0 Å². The molecule has 1 aromatic carbocycles. The third-order valence-corrected chi connectivity index (χ3v) is 6.26. The van der Waals surface area contributed by atoms with Gasteiger partial charge in [0.15, 0.2) is 6.54 Å². The quantitative estimate of drug-likeness (QED) is 0.631. The van der Waals surface area contributed by atoms with E-state index in [1.165, 1.54) is 0 Å². The van der Waals surface area contributed by atoms with Gasteiger partial charge in [0, 0.05) is 56.6 Å². The number of allylic oxidation sites excluding steroid dienone is 1. The Kier molecular flexibility index (Phi) is 6.50. The van der Waals surface area contributed by atoms with Crippen LogP contribution in [-0.2, 0) is 4.79 Å². The number of piperazine rings is 1. The number of nitrogens with one attached hydrogen (secondary N) is 2. The van der Waals surface area contributed by atoms with Gasteiger partial charge in [0.05, 0.1) is 22.1 Å². The van der Waals surface area contributed by atoms with Crippen LogP contribution in [0.5, 0.6) is 0 Å². The molecule has 3 aliphatic heterocycles. The Morgan fingerprint density at radius 2 is 2.03 bits per heavy atom. The number of nitroso groups, excluding NO2 is 1. The third-order valence-electron chi connectivity index (χ3n) is 5.72. The van der Waals surface area contributed by atoms with Crippen molar-refractivity contribution in [2.75, 3.05) is 46.3 Å². The highest BCUT2D eigenvalue weighted by molar-refractivity contribution is 6.35. The van der Waals surface area contributed by atoms with Crippen molar-refractivity contribution in [2.45, 2.75) is 6.17 Å². The average molecular weight is 463 g/mol. The van der Waals surface area contributed by atoms with Gasteiger partial charge in [0.1, 0.15) is 6.17 Å². The van der Waals surface area contributed by atoms with Gasteiger partial charge in [-0.05, 0) is 30.4 Å². The fourth-order valence-electron chi connectivity index (χ4n) is 4.04. The summed E-state index contributed by atoms with van der Waals surface area (Å²) in [7, 11) is 1.89. The molecule has 31 heavy (non-hydrogen) atoms. The molecule has 3 heterocycles. The van der Waals surface area contributed by atoms with Crippen molar-refractivity contribution in [3.05, 3.63) is 68.5 Å². The molecule has 0 bridgehead atoms. The minimum absolute atomic E-state index is 0.00428. The standard InChI is InChI=1S/C21H24Cl2N6O2/c1-24-15-3-5-19-26-21(16-4-2-14(22)10-17(16)23)18(29(19)12-15)13-27-6-8-28(9-7-27)20(30)11-25-31/h2-5,10,12,19,24,26H,6-9,11,13H2,1H3. The van der Waals surface area contributed by atoms with E-state index < -0.39 is 0 Å². The molecule has 1 saturated heterocycles. The number of nitrogens with zero attached hydrogens (tertiary/aromatic N) is 4. The Labute approximate surface area is 191 Å². The number of fused-ring (bicyclic) bond motifs is 1. The summed E-state index contributed by atoms with van der Waals surface area (Å²) in [5.74, 6) is -0.215. The first kappa shape index (κ1) is 21.7. The molecule has 3 aliphatic rings. The summed E-state index contributed by atoms with van der Waals surface area (Å²) in [4.78, 5) is 28.5. The predicted octanol–water partition coefficient (Wildman–Crippen LogP) is 2.43. The molecule has 0 aromatic heterocycles. The topological polar surface area (TPSA) is 80.3 Å². The van der Waals surface area contributed by atoms with Gasteiger partial charge in [-0.3, -0.25) is 9.69 Å². The average Bonchev–Trinajstić information content (AvgIpc) is 3.11. The highest BCUT2D eigenvalue weighted by Gasteiger charge is 2.33. The van der Waals surface area contributed by atoms with Crippen LogP contribution >= 0.6 is 23.2 Å². The van der Waals surface area contributed by atoms with E-state index in [1.54, 1.807) is 11.0 Å². The fourth-order valence-corrected chi connectivity index (χ4v) is 4.54. The van der Waals surface area contributed by atoms with Gasteiger partial charge < -0.3 is 20.4 Å². The van der Waals surface area contributed by atoms with Crippen molar-refractivity contribution >= 4 is 34.8 Å². The van der Waals surface area contributed by atoms with Gasteiger partial charge in [-0.1, -0.05) is 28.4 Å². The molecule has 1 atom stereocenters. The largest absolute Gasteiger partial charge is 0.387 e. The summed E-state index contributed by atoms with van der Waals surface area (Å²) < 4.78 is 0. The van der Waals surface area contributed by atoms with E-state index in [0.717, 1.165) is 22.7 Å². The van der Waals surface area contributed by atoms with E-state index in [-0.39, 0.29) is 18.6 Å². The Morgan fingerprint density at radius 3 is 2.71 bits per heavy atom. The van der Waals surface area contributed by atoms with Crippen LogP contribution in [-0.4, -0.2) is 73.1 Å². The second-order valence-corrected chi connectivity index (χ2v) is 8.42. The minimum Gasteiger partial charge on any atom is -0.387 e. The number of carbonyl (C=O) groups is 1. The van der Waals surface area contributed by atoms with E-state index in [1.807, 2.05) is 25.3 Å². The summed E-state index contributed by atoms with van der Waals surface area (Å²) in [5, 5.41) is 10.7. The Balaban J connectivity index is 1.59. The van der Waals surface area contributed by atoms with Crippen LogP contribution < -0.4 is 10.6 Å². The maximum Gasteiger partial charge on any atom is 0.247 e. The molecule has 0 radical (unpaired) electrons. The summed E-state index contributed by atoms with van der Waals surface area (Å²) in [6.45, 7) is 2.97. The van der Waals surface area contributed by atoms with Gasteiger partial charge in [-0.15, -0.1) is 0 Å². The summed E-state index contributed by atoms with van der Waals surface area (Å²) >= 11 is 12.6. The SMILES string of the molecule is CNC1=CN2C(CN3CCN(C(=O)CN=O)CC3)=C(c3ccc(Cl)cc3Cl)NC2C=C1. The zero-order valence-corrected chi connectivity index (χ0v) is 18.7. The molecular weight excluding hydrogens is 439 g/mol. The van der Waals surface area contributed by atoms with Crippen LogP contribution in [0.2, 0.25) is 10.0 Å². The smallest absolute Gasteiger partial charge is 0.247 e. The number of amides is 1. The van der Waals surface area contributed by atoms with Gasteiger partial charge >= 0.3 is 0 Å². The predicted molar refractivity (Wildman–Crippen MR) is 122 cm³/mol. The second kappa shape index (κ2) is 9.30. The highest BCUT2D eigenvalue weighted by Crippen LogP contribution is 2.35. The molecule has 1 fully saturated rings. The summed E-state index contributed by atoms with van der Waals surface area (Å²) in [6, 6.07) is 5.52. The molecule has 2 N–H and O–H groups in total. The molecule has 1 aromatic rings. The maximum absolute atomic E-state index is 11.9. The molecule has 164 valence electrons. The second-order valence-electron chi connectivity index (χ2n) is 7.58. The number of hydrogen-bond donors (Lipinski definition) is 2. The van der Waals surface area contributed by atoms with Crippen molar-refractivity contribution in [3.8, 4) is 0 Å². The normalized spacial score (nSPS) is 21.0. The maximum atomic E-state index is 11.9. The van der Waals surface area contributed by atoms with E-state index in [4.69, 9.17) is 23.2 Å². The lowest BCUT2D eigenvalue weighted by atomic mass is 10.1. The van der Waals surface area contributed by atoms with Crippen LogP contribution in [0.1, 0.15) is 5.56 Å². The minimum atomic E-state index is -0.298. The van der Waals surface area contributed by atoms with Crippen molar-refractivity contribution in [1.82, 2.24) is 25.3 Å². The van der Waals surface area contributed by atoms with Gasteiger partial charge in [-0.2, -0.15) is 4.91 Å². The lowest BCUT2D eigenvalue weighted by Gasteiger charge is -2.36. The molecule has 0 saturated carbocycles. The number of hydrogen-bond acceptors (Lipinski definition) is 7. The van der Waals surface area contributed by atoms with E-state index in [0.29, 0.717) is 42.8 Å². The highest BCUT2D eigenvalue weighted by atomic mass is 35.5. The number of carbonyl (C=O) groups excluding carboxylic acids is 1. The number of halogens is 2. The summed E-state index contributed by atoms with van der Waals surface area (Å²) in [5.41, 5.74) is 3.97. The molecule has 8 nitrogen and oxygen atoms in total. The van der Waals surface area contributed by atoms with Crippen LogP contribution in [0.4, 0.5) is 0 Å². The van der Waals surface area contributed by atoms with Crippen LogP contribution in [0.25, 0.3) is 5.70 Å². The number of likely N-dealkylation sites (N-methyl/N-ethyl adjacent to an activating group) is 1. The lowest BCUT2D eigenvalue weighted by molar-refractivity contribution is -0.131. The first-order valence-electron chi connectivity index (χ1n) is 10.1. The molecule has 10 heteroatoms. The van der Waals surface area contributed by atoms with Gasteiger partial charge in [0.25, 0.3) is 0 Å². The molecule has 0 aliphatic carbocycles. The van der Waals surface area contributed by atoms with Gasteiger partial charge in [-0.25, -0.2) is 0 Å². The Hall–Kier alpha value is -2.55. The fraction of sp³-hybridized carbons (Fsp3) is 0.381. The van der Waals surface area contributed by atoms with Gasteiger partial charge in [0.2, 0.25) is 5.91 Å². The van der Waals surface area contributed by atoms with Crippen molar-refractivity contribution < 1.29 is 4.79 Å². The first-order valence-corrected chi connectivity index (χ1v) is 10.9. The summed E-state index contributed by atoms with van der Waals surface area (Å²) in [6.07, 6.45) is 6.23. The molecule has 0 spiro atoms. The molecule has 1 unspecified atom stereocenters. The number of rotatable bonds is 6. The van der Waals surface area contributed by atoms with Crippen LogP contribution in [0.15, 0.2) is 53.1 Å². The molecular formula is C21H24Cl2N6O2. The lowest BCUT2D eigenvalue weighted by Crippen LogP contribution is -2.50. The van der Waals surface area contributed by atoms with E-state index in [9.17, 15) is 9.70 Å². The van der Waals surface area contributed by atoms with E-state index in [2.05, 4.69) is 37.9 Å². The van der Waals surface area contributed by atoms with Crippen LogP contribution in [0, 0.1) is 4.91 Å². The Morgan fingerprint density at radius 1 is 1.26 bits per heavy atom. The zero-order valence-electron chi connectivity index (χ0n) is 17.1.